The van der Waals surface area contributed by atoms with Crippen molar-refractivity contribution in [1.82, 2.24) is 4.57 Å². The summed E-state index contributed by atoms with van der Waals surface area (Å²) >= 11 is 0. The van der Waals surface area contributed by atoms with Gasteiger partial charge < -0.3 is 4.57 Å². The molecule has 244 valence electrons. The molecule has 1 aliphatic carbocycles. The highest BCUT2D eigenvalue weighted by atomic mass is 15.0. The number of nitrogens with zero attached hydrogens (tertiary/aromatic N) is 1. The summed E-state index contributed by atoms with van der Waals surface area (Å²) in [6, 6.07) is 34.1. The molecule has 2 unspecified atom stereocenters. The van der Waals surface area contributed by atoms with E-state index in [1.54, 1.807) is 0 Å². The maximum atomic E-state index is 2.53. The van der Waals surface area contributed by atoms with Crippen LogP contribution in [0.3, 0.4) is 0 Å². The molecule has 0 spiro atoms. The molecular formula is C48H47N. The summed E-state index contributed by atoms with van der Waals surface area (Å²) in [5.74, 6) is 0.743. The zero-order chi connectivity index (χ0) is 34.1. The van der Waals surface area contributed by atoms with Crippen LogP contribution in [-0.4, -0.2) is 4.57 Å². The average molecular weight is 638 g/mol. The van der Waals surface area contributed by atoms with Gasteiger partial charge in [-0.2, -0.15) is 0 Å². The second kappa shape index (κ2) is 13.8. The number of hydrogen-bond donors (Lipinski definition) is 0. The summed E-state index contributed by atoms with van der Waals surface area (Å²) < 4.78 is 2.53. The molecule has 0 aliphatic heterocycles. The molecule has 1 nitrogen and oxygen atoms in total. The molecule has 6 aromatic rings. The molecule has 0 radical (unpaired) electrons. The van der Waals surface area contributed by atoms with Gasteiger partial charge in [-0.3, -0.25) is 0 Å². The van der Waals surface area contributed by atoms with Crippen molar-refractivity contribution in [2.45, 2.75) is 54.4 Å². The van der Waals surface area contributed by atoms with E-state index in [2.05, 4.69) is 186 Å². The lowest BCUT2D eigenvalue weighted by molar-refractivity contribution is 0.844. The van der Waals surface area contributed by atoms with Crippen LogP contribution in [0, 0.1) is 11.8 Å². The maximum Gasteiger partial charge on any atom is 0.0553 e. The summed E-state index contributed by atoms with van der Waals surface area (Å²) in [4.78, 5) is 0. The lowest BCUT2D eigenvalue weighted by Crippen LogP contribution is -1.99. The van der Waals surface area contributed by atoms with E-state index in [9.17, 15) is 0 Å². The van der Waals surface area contributed by atoms with Gasteiger partial charge in [0.05, 0.1) is 16.7 Å². The molecule has 1 aliphatic rings. The van der Waals surface area contributed by atoms with Crippen LogP contribution in [0.5, 0.6) is 0 Å². The molecule has 0 bridgehead atoms. The SMILES string of the molecule is C/C=C\C(C)/C=C/C(=C\C)c1ccc2c3c4ccccc4c(C4=CC(/C(C)=C/CC)C(CC)=C4)cc3n(-c3cccc4ccccc34)c2c1. The minimum absolute atomic E-state index is 0.365. The van der Waals surface area contributed by atoms with Gasteiger partial charge in [-0.1, -0.05) is 153 Å². The third kappa shape index (κ3) is 5.82. The van der Waals surface area contributed by atoms with Crippen LogP contribution in [0.2, 0.25) is 0 Å². The van der Waals surface area contributed by atoms with Gasteiger partial charge >= 0.3 is 0 Å². The first-order valence-electron chi connectivity index (χ1n) is 18.0. The lowest BCUT2D eigenvalue weighted by Gasteiger charge is -2.14. The minimum Gasteiger partial charge on any atom is -0.309 e. The summed E-state index contributed by atoms with van der Waals surface area (Å²) in [7, 11) is 0. The van der Waals surface area contributed by atoms with Gasteiger partial charge in [0.15, 0.2) is 0 Å². The predicted octanol–water partition coefficient (Wildman–Crippen LogP) is 14.0. The Morgan fingerprint density at radius 1 is 0.796 bits per heavy atom. The Bertz CT molecular complexity index is 2390. The normalized spacial score (nSPS) is 16.6. The van der Waals surface area contributed by atoms with E-state index >= 15 is 0 Å². The first kappa shape index (κ1) is 32.4. The van der Waals surface area contributed by atoms with Crippen molar-refractivity contribution in [1.29, 1.82) is 0 Å². The molecule has 0 saturated carbocycles. The third-order valence-corrected chi connectivity index (χ3v) is 10.3. The van der Waals surface area contributed by atoms with Crippen LogP contribution in [0.15, 0.2) is 151 Å². The van der Waals surface area contributed by atoms with E-state index < -0.39 is 0 Å². The maximum absolute atomic E-state index is 2.53. The topological polar surface area (TPSA) is 4.93 Å². The van der Waals surface area contributed by atoms with Gasteiger partial charge in [-0.05, 0) is 96.2 Å². The van der Waals surface area contributed by atoms with Crippen molar-refractivity contribution < 1.29 is 0 Å². The number of fused-ring (bicyclic) bond motifs is 6. The van der Waals surface area contributed by atoms with E-state index in [-0.39, 0.29) is 0 Å². The van der Waals surface area contributed by atoms with Crippen LogP contribution in [-0.2, 0) is 0 Å². The predicted molar refractivity (Wildman–Crippen MR) is 216 cm³/mol. The highest BCUT2D eigenvalue weighted by Crippen LogP contribution is 2.44. The molecule has 1 aromatic heterocycles. The molecule has 0 fully saturated rings. The van der Waals surface area contributed by atoms with E-state index in [0.717, 1.165) is 12.8 Å². The zero-order valence-electron chi connectivity index (χ0n) is 29.8. The Morgan fingerprint density at radius 2 is 1.55 bits per heavy atom. The molecule has 1 heteroatoms. The third-order valence-electron chi connectivity index (χ3n) is 10.3. The van der Waals surface area contributed by atoms with Crippen LogP contribution in [0.4, 0.5) is 0 Å². The Kier molecular flexibility index (Phi) is 9.11. The van der Waals surface area contributed by atoms with Crippen LogP contribution < -0.4 is 0 Å². The number of hydrogen-bond acceptors (Lipinski definition) is 0. The first-order chi connectivity index (χ1) is 24.0. The monoisotopic (exact) mass is 637 g/mol. The highest BCUT2D eigenvalue weighted by Gasteiger charge is 2.24. The average Bonchev–Trinajstić information content (AvgIpc) is 3.71. The molecule has 0 amide bonds. The Labute approximate surface area is 292 Å². The fourth-order valence-corrected chi connectivity index (χ4v) is 7.93. The van der Waals surface area contributed by atoms with Crippen LogP contribution >= 0.6 is 0 Å². The van der Waals surface area contributed by atoms with Crippen LogP contribution in [0.1, 0.15) is 65.5 Å². The van der Waals surface area contributed by atoms with Gasteiger partial charge in [0.1, 0.15) is 0 Å². The number of rotatable bonds is 9. The number of allylic oxidation sites excluding steroid dienone is 12. The van der Waals surface area contributed by atoms with Gasteiger partial charge in [0.25, 0.3) is 0 Å². The van der Waals surface area contributed by atoms with Crippen molar-refractivity contribution in [2.75, 3.05) is 0 Å². The van der Waals surface area contributed by atoms with Gasteiger partial charge in [0, 0.05) is 22.1 Å². The lowest BCUT2D eigenvalue weighted by atomic mass is 9.92. The Balaban J connectivity index is 1.57. The standard InChI is InChI=1S/C48H47N/c1-7-16-32(5)24-25-34(9-3)37-26-27-42-46(30-37)49(45-23-15-19-36-18-11-12-20-39(36)45)47-31-44(40-21-13-14-22-41(40)48(42)47)38-28-35(10-4)43(29-38)33(6)17-8-2/h7,9,11-32,43H,8,10H2,1-6H3/b16-7-,25-24+,33-17+,34-9+. The largest absolute Gasteiger partial charge is 0.309 e. The summed E-state index contributed by atoms with van der Waals surface area (Å²) in [5.41, 5.74) is 11.7. The Hall–Kier alpha value is -5.14. The second-order valence-corrected chi connectivity index (χ2v) is 13.4. The quantitative estimate of drug-likeness (QED) is 0.110. The van der Waals surface area contributed by atoms with E-state index in [1.165, 1.54) is 82.5 Å². The molecule has 1 heterocycles. The zero-order valence-corrected chi connectivity index (χ0v) is 29.8. The Morgan fingerprint density at radius 3 is 2.31 bits per heavy atom. The van der Waals surface area contributed by atoms with Crippen molar-refractivity contribution in [3.8, 4) is 5.69 Å². The molecule has 0 saturated heterocycles. The number of benzene rings is 5. The number of aromatic nitrogens is 1. The fourth-order valence-electron chi connectivity index (χ4n) is 7.93. The van der Waals surface area contributed by atoms with E-state index in [4.69, 9.17) is 0 Å². The summed E-state index contributed by atoms with van der Waals surface area (Å²) in [5, 5.41) is 7.70. The van der Waals surface area contributed by atoms with Crippen molar-refractivity contribution in [2.24, 2.45) is 11.8 Å². The fraction of sp³-hybridized carbons (Fsp3) is 0.208. The van der Waals surface area contributed by atoms with Gasteiger partial charge in [-0.25, -0.2) is 0 Å². The van der Waals surface area contributed by atoms with Crippen molar-refractivity contribution in [3.05, 3.63) is 162 Å². The summed E-state index contributed by atoms with van der Waals surface area (Å²) in [6.45, 7) is 13.3. The smallest absolute Gasteiger partial charge is 0.0553 e. The molecule has 7 rings (SSSR count). The molecule has 5 aromatic carbocycles. The second-order valence-electron chi connectivity index (χ2n) is 13.4. The van der Waals surface area contributed by atoms with E-state index in [0.29, 0.717) is 11.8 Å². The first-order valence-corrected chi connectivity index (χ1v) is 18.0. The molecule has 49 heavy (non-hydrogen) atoms. The minimum atomic E-state index is 0.365. The van der Waals surface area contributed by atoms with Gasteiger partial charge in [-0.15, -0.1) is 0 Å². The van der Waals surface area contributed by atoms with E-state index in [1.807, 2.05) is 0 Å². The van der Waals surface area contributed by atoms with Crippen molar-refractivity contribution in [3.63, 3.8) is 0 Å². The summed E-state index contributed by atoms with van der Waals surface area (Å²) in [6.07, 6.45) is 20.6. The van der Waals surface area contributed by atoms with Crippen LogP contribution in [0.25, 0.3) is 60.2 Å². The van der Waals surface area contributed by atoms with Gasteiger partial charge in [0.2, 0.25) is 0 Å². The molecular weight excluding hydrogens is 591 g/mol. The van der Waals surface area contributed by atoms with Crippen molar-refractivity contribution >= 4 is 54.5 Å². The highest BCUT2D eigenvalue weighted by molar-refractivity contribution is 6.24. The molecule has 0 N–H and O–H groups in total. The molecule has 2 atom stereocenters.